The quantitative estimate of drug-likeness (QED) is 0.145. The van der Waals surface area contributed by atoms with Crippen LogP contribution in [0.2, 0.25) is 0 Å². The monoisotopic (exact) mass is 592 g/mol. The van der Waals surface area contributed by atoms with Gasteiger partial charge in [0.2, 0.25) is 0 Å². The Morgan fingerprint density at radius 2 is 1.42 bits per heavy atom. The van der Waals surface area contributed by atoms with Crippen molar-refractivity contribution in [3.63, 3.8) is 0 Å². The van der Waals surface area contributed by atoms with Crippen LogP contribution in [0.1, 0.15) is 33.2 Å². The van der Waals surface area contributed by atoms with Gasteiger partial charge in [0.15, 0.2) is 29.6 Å². The SMILES string of the molecule is CCOC(=O)c1ccc(NC(=O)COc2ccc(/C=N/NC(=O)CNC(=O)c3ccc(OC)c(OC)c3)cc2OC)cc1. The van der Waals surface area contributed by atoms with Crippen LogP contribution in [0.15, 0.2) is 65.8 Å². The molecule has 3 N–H and O–H groups in total. The molecule has 3 aromatic carbocycles. The van der Waals surface area contributed by atoms with Crippen LogP contribution in [0.25, 0.3) is 0 Å². The van der Waals surface area contributed by atoms with Crippen molar-refractivity contribution < 1.29 is 42.9 Å². The molecule has 0 radical (unpaired) electrons. The fraction of sp³-hybridized carbons (Fsp3) is 0.233. The molecule has 0 aliphatic rings. The molecular formula is C30H32N4O9. The Morgan fingerprint density at radius 1 is 0.767 bits per heavy atom. The zero-order valence-corrected chi connectivity index (χ0v) is 24.1. The largest absolute Gasteiger partial charge is 0.493 e. The highest BCUT2D eigenvalue weighted by molar-refractivity contribution is 5.97. The number of amides is 3. The number of hydrazone groups is 1. The number of ether oxygens (including phenoxy) is 5. The van der Waals surface area contributed by atoms with E-state index >= 15 is 0 Å². The maximum atomic E-state index is 12.4. The fourth-order valence-electron chi connectivity index (χ4n) is 3.59. The molecule has 0 atom stereocenters. The normalized spacial score (nSPS) is 10.4. The molecule has 0 aromatic heterocycles. The van der Waals surface area contributed by atoms with Crippen LogP contribution in [-0.4, -0.2) is 71.0 Å². The maximum absolute atomic E-state index is 12.4. The van der Waals surface area contributed by atoms with E-state index in [-0.39, 0.29) is 19.8 Å². The van der Waals surface area contributed by atoms with Gasteiger partial charge in [-0.15, -0.1) is 0 Å². The van der Waals surface area contributed by atoms with E-state index in [1.165, 1.54) is 33.6 Å². The minimum atomic E-state index is -0.543. The Morgan fingerprint density at radius 3 is 2.09 bits per heavy atom. The molecule has 0 bridgehead atoms. The summed E-state index contributed by atoms with van der Waals surface area (Å²) in [6, 6.07) is 15.8. The maximum Gasteiger partial charge on any atom is 0.338 e. The first-order valence-corrected chi connectivity index (χ1v) is 13.0. The minimum Gasteiger partial charge on any atom is -0.493 e. The third-order valence-corrected chi connectivity index (χ3v) is 5.68. The second-order valence-corrected chi connectivity index (χ2v) is 8.59. The van der Waals surface area contributed by atoms with Crippen LogP contribution in [0.3, 0.4) is 0 Å². The van der Waals surface area contributed by atoms with Crippen molar-refractivity contribution in [2.24, 2.45) is 5.10 Å². The van der Waals surface area contributed by atoms with Crippen LogP contribution in [-0.2, 0) is 14.3 Å². The minimum absolute atomic E-state index is 0.271. The van der Waals surface area contributed by atoms with E-state index in [4.69, 9.17) is 23.7 Å². The van der Waals surface area contributed by atoms with E-state index in [2.05, 4.69) is 21.2 Å². The summed E-state index contributed by atoms with van der Waals surface area (Å²) in [7, 11) is 4.39. The molecule has 3 aromatic rings. The number of rotatable bonds is 14. The van der Waals surface area contributed by atoms with Gasteiger partial charge in [-0.3, -0.25) is 14.4 Å². The Bertz CT molecular complexity index is 1470. The van der Waals surface area contributed by atoms with Crippen molar-refractivity contribution in [1.82, 2.24) is 10.7 Å². The summed E-state index contributed by atoms with van der Waals surface area (Å²) in [5, 5.41) is 9.08. The molecule has 0 spiro atoms. The number of anilines is 1. The fourth-order valence-corrected chi connectivity index (χ4v) is 3.59. The molecule has 226 valence electrons. The highest BCUT2D eigenvalue weighted by Crippen LogP contribution is 2.28. The second kappa shape index (κ2) is 16.0. The topological polar surface area (TPSA) is 163 Å². The van der Waals surface area contributed by atoms with Gasteiger partial charge in [-0.25, -0.2) is 10.2 Å². The van der Waals surface area contributed by atoms with E-state index in [9.17, 15) is 19.2 Å². The van der Waals surface area contributed by atoms with E-state index < -0.39 is 23.7 Å². The van der Waals surface area contributed by atoms with Crippen molar-refractivity contribution >= 4 is 35.6 Å². The number of nitrogens with one attached hydrogen (secondary N) is 3. The highest BCUT2D eigenvalue weighted by Gasteiger charge is 2.13. The second-order valence-electron chi connectivity index (χ2n) is 8.59. The number of methoxy groups -OCH3 is 3. The number of hydrogen-bond donors (Lipinski definition) is 3. The third kappa shape index (κ3) is 9.49. The summed E-state index contributed by atoms with van der Waals surface area (Å²) in [6.45, 7) is 1.39. The van der Waals surface area contributed by atoms with Gasteiger partial charge < -0.3 is 34.3 Å². The van der Waals surface area contributed by atoms with Gasteiger partial charge in [-0.05, 0) is 73.2 Å². The van der Waals surface area contributed by atoms with Gasteiger partial charge in [0.25, 0.3) is 17.7 Å². The van der Waals surface area contributed by atoms with E-state index in [0.29, 0.717) is 45.4 Å². The lowest BCUT2D eigenvalue weighted by Crippen LogP contribution is -2.34. The van der Waals surface area contributed by atoms with Crippen molar-refractivity contribution in [3.8, 4) is 23.0 Å². The molecule has 43 heavy (non-hydrogen) atoms. The van der Waals surface area contributed by atoms with Gasteiger partial charge >= 0.3 is 5.97 Å². The van der Waals surface area contributed by atoms with Crippen LogP contribution >= 0.6 is 0 Å². The summed E-state index contributed by atoms with van der Waals surface area (Å²) in [5.74, 6) is -0.361. The van der Waals surface area contributed by atoms with Gasteiger partial charge in [-0.2, -0.15) is 5.10 Å². The Kier molecular flexibility index (Phi) is 11.9. The van der Waals surface area contributed by atoms with Crippen LogP contribution in [0.5, 0.6) is 23.0 Å². The summed E-state index contributed by atoms with van der Waals surface area (Å²) in [4.78, 5) is 48.6. The highest BCUT2D eigenvalue weighted by atomic mass is 16.5. The summed E-state index contributed by atoms with van der Waals surface area (Å²) >= 11 is 0. The lowest BCUT2D eigenvalue weighted by molar-refractivity contribution is -0.120. The van der Waals surface area contributed by atoms with Crippen molar-refractivity contribution in [2.45, 2.75) is 6.92 Å². The van der Waals surface area contributed by atoms with Crippen molar-refractivity contribution in [3.05, 3.63) is 77.4 Å². The Balaban J connectivity index is 1.47. The average Bonchev–Trinajstić information content (AvgIpc) is 3.02. The van der Waals surface area contributed by atoms with Gasteiger partial charge in [0.05, 0.1) is 46.3 Å². The summed E-state index contributed by atoms with van der Waals surface area (Å²) in [6.07, 6.45) is 1.38. The number of carbonyl (C=O) groups excluding carboxylic acids is 4. The average molecular weight is 593 g/mol. The molecule has 0 fully saturated rings. The third-order valence-electron chi connectivity index (χ3n) is 5.68. The Hall–Kier alpha value is -5.59. The van der Waals surface area contributed by atoms with Crippen molar-refractivity contribution in [2.75, 3.05) is 46.4 Å². The summed E-state index contributed by atoms with van der Waals surface area (Å²) in [5.41, 5.74) is 4.07. The molecule has 0 aliphatic heterocycles. The molecule has 3 amide bonds. The first-order valence-electron chi connectivity index (χ1n) is 13.0. The number of carbonyl (C=O) groups is 4. The first-order chi connectivity index (χ1) is 20.8. The molecule has 3 rings (SSSR count). The van der Waals surface area contributed by atoms with Crippen LogP contribution < -0.4 is 35.0 Å². The standard InChI is InChI=1S/C30H32N4O9/c1-5-42-30(38)20-7-10-22(11-8-20)33-28(36)18-43-24-12-6-19(14-25(24)40-3)16-32-34-27(35)17-31-29(37)21-9-13-23(39-2)26(15-21)41-4/h6-16H,5,17-18H2,1-4H3,(H,31,37)(H,33,36)(H,34,35)/b32-16+. The van der Waals surface area contributed by atoms with Gasteiger partial charge in [-0.1, -0.05) is 0 Å². The lowest BCUT2D eigenvalue weighted by atomic mass is 10.2. The predicted octanol–water partition coefficient (Wildman–Crippen LogP) is 2.79. The summed E-state index contributed by atoms with van der Waals surface area (Å²) < 4.78 is 26.2. The Labute approximate surface area is 248 Å². The zero-order chi connectivity index (χ0) is 31.2. The van der Waals surface area contributed by atoms with Crippen LogP contribution in [0, 0.1) is 0 Å². The number of benzene rings is 3. The number of hydrogen-bond acceptors (Lipinski definition) is 10. The zero-order valence-electron chi connectivity index (χ0n) is 24.1. The van der Waals surface area contributed by atoms with Gasteiger partial charge in [0, 0.05) is 11.3 Å². The number of nitrogens with zero attached hydrogens (tertiary/aromatic N) is 1. The van der Waals surface area contributed by atoms with Crippen LogP contribution in [0.4, 0.5) is 5.69 Å². The van der Waals surface area contributed by atoms with Gasteiger partial charge in [0.1, 0.15) is 0 Å². The predicted molar refractivity (Wildman–Crippen MR) is 157 cm³/mol. The molecule has 0 saturated carbocycles. The molecular weight excluding hydrogens is 560 g/mol. The van der Waals surface area contributed by atoms with Crippen molar-refractivity contribution in [1.29, 1.82) is 0 Å². The molecule has 0 unspecified atom stereocenters. The first kappa shape index (κ1) is 31.9. The molecule has 0 saturated heterocycles. The molecule has 0 aliphatic carbocycles. The van der Waals surface area contributed by atoms with E-state index in [0.717, 1.165) is 0 Å². The smallest absolute Gasteiger partial charge is 0.338 e. The lowest BCUT2D eigenvalue weighted by Gasteiger charge is -2.12. The molecule has 13 nitrogen and oxygen atoms in total. The molecule has 13 heteroatoms. The molecule has 0 heterocycles. The van der Waals surface area contributed by atoms with E-state index in [1.54, 1.807) is 61.5 Å². The number of esters is 1. The van der Waals surface area contributed by atoms with E-state index in [1.807, 2.05) is 0 Å².